The highest BCUT2D eigenvalue weighted by atomic mass is 79.9. The fourth-order valence-electron chi connectivity index (χ4n) is 2.09. The van der Waals surface area contributed by atoms with Crippen LogP contribution >= 0.6 is 15.9 Å². The molecule has 23 heavy (non-hydrogen) atoms. The molecule has 0 heterocycles. The summed E-state index contributed by atoms with van der Waals surface area (Å²) in [5.74, 6) is 0.713. The average Bonchev–Trinajstić information content (AvgIpc) is 2.56. The zero-order valence-electron chi connectivity index (χ0n) is 12.8. The topological polar surface area (TPSA) is 42.2 Å². The van der Waals surface area contributed by atoms with Crippen LogP contribution in [-0.4, -0.2) is 13.7 Å². The molecule has 0 aliphatic heterocycles. The van der Waals surface area contributed by atoms with Crippen molar-refractivity contribution in [3.05, 3.63) is 57.8 Å². The van der Waals surface area contributed by atoms with Crippen LogP contribution in [0.5, 0.6) is 11.5 Å². The quantitative estimate of drug-likeness (QED) is 0.541. The van der Waals surface area contributed by atoms with Crippen molar-refractivity contribution >= 4 is 27.6 Å². The average molecular weight is 376 g/mol. The van der Waals surface area contributed by atoms with Gasteiger partial charge in [-0.3, -0.25) is 0 Å². The molecule has 0 amide bonds. The van der Waals surface area contributed by atoms with Crippen LogP contribution in [0.25, 0.3) is 11.6 Å². The van der Waals surface area contributed by atoms with E-state index >= 15 is 0 Å². The monoisotopic (exact) mass is 375 g/mol. The zero-order valence-corrected chi connectivity index (χ0v) is 14.4. The summed E-state index contributed by atoms with van der Waals surface area (Å²) in [5, 5.41) is 9.37. The summed E-state index contributed by atoms with van der Waals surface area (Å²) in [6.45, 7) is 2.36. The standard InChI is InChI=1S/C18H15BrFNO2/c1-3-23-18-9-12(15(19)10-17(18)22-2)8-13(11-21)14-6-4-5-7-16(14)20/h4-10H,3H2,1-2H3. The van der Waals surface area contributed by atoms with E-state index in [9.17, 15) is 9.65 Å². The van der Waals surface area contributed by atoms with E-state index in [4.69, 9.17) is 9.47 Å². The molecule has 0 aromatic heterocycles. The summed E-state index contributed by atoms with van der Waals surface area (Å²) in [7, 11) is 1.56. The van der Waals surface area contributed by atoms with Crippen molar-refractivity contribution in [3.8, 4) is 17.6 Å². The van der Waals surface area contributed by atoms with Gasteiger partial charge in [-0.1, -0.05) is 34.1 Å². The van der Waals surface area contributed by atoms with Crippen molar-refractivity contribution in [2.24, 2.45) is 0 Å². The largest absolute Gasteiger partial charge is 0.493 e. The zero-order chi connectivity index (χ0) is 16.8. The molecule has 2 aromatic rings. The van der Waals surface area contributed by atoms with Gasteiger partial charge < -0.3 is 9.47 Å². The highest BCUT2D eigenvalue weighted by Crippen LogP contribution is 2.35. The molecule has 0 fully saturated rings. The molecule has 2 aromatic carbocycles. The van der Waals surface area contributed by atoms with Gasteiger partial charge >= 0.3 is 0 Å². The molecule has 0 unspecified atom stereocenters. The fourth-order valence-corrected chi connectivity index (χ4v) is 2.53. The third-order valence-corrected chi connectivity index (χ3v) is 3.85. The minimum atomic E-state index is -0.435. The van der Waals surface area contributed by atoms with Gasteiger partial charge in [0.25, 0.3) is 0 Å². The van der Waals surface area contributed by atoms with E-state index in [0.717, 1.165) is 4.47 Å². The minimum Gasteiger partial charge on any atom is -0.493 e. The lowest BCUT2D eigenvalue weighted by Gasteiger charge is -2.12. The van der Waals surface area contributed by atoms with Crippen LogP contribution < -0.4 is 9.47 Å². The molecule has 118 valence electrons. The lowest BCUT2D eigenvalue weighted by atomic mass is 10.0. The Labute approximate surface area is 143 Å². The van der Waals surface area contributed by atoms with Crippen LogP contribution in [-0.2, 0) is 0 Å². The number of nitriles is 1. The molecular formula is C18H15BrFNO2. The summed E-state index contributed by atoms with van der Waals surface area (Å²) < 4.78 is 25.4. The number of allylic oxidation sites excluding steroid dienone is 1. The second-order valence-corrected chi connectivity index (χ2v) is 5.46. The van der Waals surface area contributed by atoms with Gasteiger partial charge in [-0.05, 0) is 36.8 Å². The van der Waals surface area contributed by atoms with Crippen molar-refractivity contribution in [2.45, 2.75) is 6.92 Å². The van der Waals surface area contributed by atoms with E-state index in [1.165, 1.54) is 6.07 Å². The molecule has 0 radical (unpaired) electrons. The highest BCUT2D eigenvalue weighted by Gasteiger charge is 2.12. The predicted molar refractivity (Wildman–Crippen MR) is 91.7 cm³/mol. The lowest BCUT2D eigenvalue weighted by molar-refractivity contribution is 0.310. The third-order valence-electron chi connectivity index (χ3n) is 3.17. The van der Waals surface area contributed by atoms with E-state index < -0.39 is 5.82 Å². The van der Waals surface area contributed by atoms with Crippen molar-refractivity contribution < 1.29 is 13.9 Å². The SMILES string of the molecule is CCOc1cc(C=C(C#N)c2ccccc2F)c(Br)cc1OC. The van der Waals surface area contributed by atoms with E-state index in [-0.39, 0.29) is 11.1 Å². The summed E-state index contributed by atoms with van der Waals surface area (Å²) in [6, 6.07) is 11.7. The molecule has 0 spiro atoms. The Bertz CT molecular complexity index is 781. The predicted octanol–water partition coefficient (Wildman–Crippen LogP) is 5.06. The van der Waals surface area contributed by atoms with Crippen LogP contribution in [0.3, 0.4) is 0 Å². The Morgan fingerprint density at radius 1 is 1.30 bits per heavy atom. The minimum absolute atomic E-state index is 0.233. The summed E-state index contributed by atoms with van der Waals surface area (Å²) in [4.78, 5) is 0. The number of ether oxygens (including phenoxy) is 2. The number of nitrogens with zero attached hydrogens (tertiary/aromatic N) is 1. The maximum Gasteiger partial charge on any atom is 0.161 e. The van der Waals surface area contributed by atoms with Crippen LogP contribution in [0, 0.1) is 17.1 Å². The van der Waals surface area contributed by atoms with E-state index in [1.807, 2.05) is 13.0 Å². The Hall–Kier alpha value is -2.32. The highest BCUT2D eigenvalue weighted by molar-refractivity contribution is 9.10. The van der Waals surface area contributed by atoms with Crippen LogP contribution in [0.15, 0.2) is 40.9 Å². The number of methoxy groups -OCH3 is 1. The van der Waals surface area contributed by atoms with E-state index in [1.54, 1.807) is 43.5 Å². The van der Waals surface area contributed by atoms with Gasteiger partial charge in [0.05, 0.1) is 25.4 Å². The second-order valence-electron chi connectivity index (χ2n) is 4.61. The van der Waals surface area contributed by atoms with Crippen LogP contribution in [0.1, 0.15) is 18.1 Å². The summed E-state index contributed by atoms with van der Waals surface area (Å²) >= 11 is 3.44. The van der Waals surface area contributed by atoms with Crippen molar-refractivity contribution in [3.63, 3.8) is 0 Å². The second kappa shape index (κ2) is 7.80. The first-order valence-corrected chi connectivity index (χ1v) is 7.77. The normalized spacial score (nSPS) is 11.0. The Kier molecular flexibility index (Phi) is 5.78. The molecule has 3 nitrogen and oxygen atoms in total. The third kappa shape index (κ3) is 3.91. The van der Waals surface area contributed by atoms with Gasteiger partial charge in [0, 0.05) is 10.0 Å². The first kappa shape index (κ1) is 17.0. The lowest BCUT2D eigenvalue weighted by Crippen LogP contribution is -1.96. The number of benzene rings is 2. The smallest absolute Gasteiger partial charge is 0.161 e. The molecule has 0 bridgehead atoms. The van der Waals surface area contributed by atoms with Gasteiger partial charge in [-0.15, -0.1) is 0 Å². The van der Waals surface area contributed by atoms with Crippen LogP contribution in [0.4, 0.5) is 4.39 Å². The molecule has 0 aliphatic rings. The van der Waals surface area contributed by atoms with Gasteiger partial charge in [0.15, 0.2) is 11.5 Å². The number of halogens is 2. The fraction of sp³-hybridized carbons (Fsp3) is 0.167. The van der Waals surface area contributed by atoms with Gasteiger partial charge in [-0.25, -0.2) is 4.39 Å². The first-order chi connectivity index (χ1) is 11.1. The molecule has 0 N–H and O–H groups in total. The first-order valence-electron chi connectivity index (χ1n) is 6.97. The maximum atomic E-state index is 13.9. The molecule has 0 aliphatic carbocycles. The summed E-state index contributed by atoms with van der Waals surface area (Å²) in [5.41, 5.74) is 1.20. The van der Waals surface area contributed by atoms with E-state index in [2.05, 4.69) is 15.9 Å². The number of hydrogen-bond acceptors (Lipinski definition) is 3. The van der Waals surface area contributed by atoms with Gasteiger partial charge in [0.2, 0.25) is 0 Å². The summed E-state index contributed by atoms with van der Waals surface area (Å²) in [6.07, 6.45) is 1.62. The van der Waals surface area contributed by atoms with Crippen LogP contribution in [0.2, 0.25) is 0 Å². The van der Waals surface area contributed by atoms with Crippen molar-refractivity contribution in [2.75, 3.05) is 13.7 Å². The Balaban J connectivity index is 2.54. The Morgan fingerprint density at radius 3 is 2.65 bits per heavy atom. The molecule has 0 atom stereocenters. The number of hydrogen-bond donors (Lipinski definition) is 0. The molecule has 2 rings (SSSR count). The molecule has 0 saturated carbocycles. The van der Waals surface area contributed by atoms with Crippen molar-refractivity contribution in [1.29, 1.82) is 5.26 Å². The molecule has 0 saturated heterocycles. The van der Waals surface area contributed by atoms with E-state index in [0.29, 0.717) is 23.7 Å². The van der Waals surface area contributed by atoms with Gasteiger partial charge in [0.1, 0.15) is 5.82 Å². The van der Waals surface area contributed by atoms with Gasteiger partial charge in [-0.2, -0.15) is 5.26 Å². The van der Waals surface area contributed by atoms with Crippen molar-refractivity contribution in [1.82, 2.24) is 0 Å². The Morgan fingerprint density at radius 2 is 2.04 bits per heavy atom. The number of rotatable bonds is 5. The molecule has 5 heteroatoms. The molecular weight excluding hydrogens is 361 g/mol. The maximum absolute atomic E-state index is 13.9.